The van der Waals surface area contributed by atoms with E-state index in [-0.39, 0.29) is 18.1 Å². The lowest BCUT2D eigenvalue weighted by molar-refractivity contribution is -0.457. The number of ether oxygens (including phenoxy) is 6. The molecule has 1 aromatic carbocycles. The normalized spacial score (nSPS) is 23.8. The fourth-order valence-corrected chi connectivity index (χ4v) is 11.3. The van der Waals surface area contributed by atoms with Crippen LogP contribution >= 0.6 is 21.6 Å². The molecule has 5 atom stereocenters. The van der Waals surface area contributed by atoms with E-state index in [0.717, 1.165) is 94.9 Å². The van der Waals surface area contributed by atoms with Gasteiger partial charge in [0, 0.05) is 51.4 Å². The summed E-state index contributed by atoms with van der Waals surface area (Å²) in [7, 11) is 9.26. The van der Waals surface area contributed by atoms with Crippen molar-refractivity contribution in [2.75, 3.05) is 92.1 Å². The van der Waals surface area contributed by atoms with E-state index in [1.54, 1.807) is 14.2 Å². The van der Waals surface area contributed by atoms with Crippen molar-refractivity contribution >= 4 is 21.6 Å². The molecule has 0 heterocycles. The van der Waals surface area contributed by atoms with Crippen LogP contribution in [0.2, 0.25) is 0 Å². The standard InChI is InChI=1S/C41H62F9NO6S2/c1-37-16-15-33-32-12-10-31(55-22-18-51(2)17-6-24-58-59-25-23-54-19-5-8-29(27-52-3)28-53-4)26-30(32)9-11-34(33)35(37)13-14-36(37)56-20-7-21-57-38(39(42,43)44,40(45,46)47)41(48,49)50/h10,12,26,29,33-36H,5-9,11,13-25,27-28H2,1-4H3. The van der Waals surface area contributed by atoms with E-state index in [2.05, 4.69) is 35.7 Å². The predicted molar refractivity (Wildman–Crippen MR) is 212 cm³/mol. The summed E-state index contributed by atoms with van der Waals surface area (Å²) in [5.74, 6) is 4.36. The van der Waals surface area contributed by atoms with Crippen molar-refractivity contribution in [2.24, 2.45) is 23.2 Å². The summed E-state index contributed by atoms with van der Waals surface area (Å²) >= 11 is 0. The topological polar surface area (TPSA) is 58.6 Å². The summed E-state index contributed by atoms with van der Waals surface area (Å²) < 4.78 is 151. The van der Waals surface area contributed by atoms with Crippen molar-refractivity contribution in [3.8, 4) is 5.75 Å². The van der Waals surface area contributed by atoms with Crippen molar-refractivity contribution in [2.45, 2.75) is 107 Å². The fraction of sp³-hybridized carbons (Fsp3) is 0.854. The third kappa shape index (κ3) is 13.2. The Morgan fingerprint density at radius 2 is 1.47 bits per heavy atom. The second-order valence-electron chi connectivity index (χ2n) is 16.3. The lowest BCUT2D eigenvalue weighted by Crippen LogP contribution is -2.67. The van der Waals surface area contributed by atoms with Gasteiger partial charge in [-0.3, -0.25) is 0 Å². The molecule has 3 aliphatic rings. The summed E-state index contributed by atoms with van der Waals surface area (Å²) in [5, 5.41) is 0. The molecule has 3 aliphatic carbocycles. The molecule has 4 rings (SSSR count). The van der Waals surface area contributed by atoms with Gasteiger partial charge in [0.05, 0.1) is 32.5 Å². The molecule has 2 saturated carbocycles. The smallest absolute Gasteiger partial charge is 0.435 e. The molecule has 0 bridgehead atoms. The van der Waals surface area contributed by atoms with Crippen LogP contribution in [0.15, 0.2) is 18.2 Å². The Bertz CT molecular complexity index is 1350. The number of methoxy groups -OCH3 is 2. The number of aryl methyl sites for hydroxylation is 1. The van der Waals surface area contributed by atoms with Crippen LogP contribution in [0.3, 0.4) is 0 Å². The number of alkyl halides is 9. The molecule has 0 N–H and O–H groups in total. The first-order valence-electron chi connectivity index (χ1n) is 20.6. The highest BCUT2D eigenvalue weighted by Gasteiger charge is 2.85. The monoisotopic (exact) mass is 899 g/mol. The first kappa shape index (κ1) is 50.5. The van der Waals surface area contributed by atoms with Gasteiger partial charge in [-0.05, 0) is 124 Å². The third-order valence-electron chi connectivity index (χ3n) is 12.3. The Morgan fingerprint density at radius 3 is 2.15 bits per heavy atom. The zero-order chi connectivity index (χ0) is 43.3. The van der Waals surface area contributed by atoms with Gasteiger partial charge in [0.15, 0.2) is 0 Å². The number of nitrogens with zero attached hydrogens (tertiary/aromatic N) is 1. The summed E-state index contributed by atoms with van der Waals surface area (Å²) in [5.41, 5.74) is -3.90. The van der Waals surface area contributed by atoms with Crippen LogP contribution in [-0.2, 0) is 30.1 Å². The average Bonchev–Trinajstić information content (AvgIpc) is 3.49. The van der Waals surface area contributed by atoms with E-state index in [1.165, 1.54) is 11.1 Å². The number of hydrogen-bond acceptors (Lipinski definition) is 9. The van der Waals surface area contributed by atoms with Crippen LogP contribution in [0.4, 0.5) is 39.5 Å². The molecule has 7 nitrogen and oxygen atoms in total. The van der Waals surface area contributed by atoms with Crippen LogP contribution in [0.1, 0.15) is 81.8 Å². The summed E-state index contributed by atoms with van der Waals surface area (Å²) in [6, 6.07) is 6.38. The van der Waals surface area contributed by atoms with Gasteiger partial charge in [0.2, 0.25) is 0 Å². The van der Waals surface area contributed by atoms with Gasteiger partial charge in [-0.25, -0.2) is 0 Å². The zero-order valence-electron chi connectivity index (χ0n) is 34.6. The maximum absolute atomic E-state index is 13.2. The number of rotatable bonds is 26. The van der Waals surface area contributed by atoms with Gasteiger partial charge in [-0.15, -0.1) is 0 Å². The molecule has 342 valence electrons. The van der Waals surface area contributed by atoms with Gasteiger partial charge < -0.3 is 33.3 Å². The fourth-order valence-electron chi connectivity index (χ4n) is 9.41. The molecule has 2 fully saturated rings. The van der Waals surface area contributed by atoms with Crippen molar-refractivity contribution in [1.29, 1.82) is 0 Å². The molecule has 1 aromatic rings. The van der Waals surface area contributed by atoms with Crippen molar-refractivity contribution in [3.05, 3.63) is 29.3 Å². The summed E-state index contributed by atoms with van der Waals surface area (Å²) in [6.45, 7) is 5.70. The number of hydrogen-bond donors (Lipinski definition) is 0. The van der Waals surface area contributed by atoms with Gasteiger partial charge in [-0.2, -0.15) is 39.5 Å². The minimum Gasteiger partial charge on any atom is -0.492 e. The molecule has 0 spiro atoms. The first-order valence-corrected chi connectivity index (χ1v) is 23.1. The largest absolute Gasteiger partial charge is 0.492 e. The molecule has 59 heavy (non-hydrogen) atoms. The predicted octanol–water partition coefficient (Wildman–Crippen LogP) is 10.5. The van der Waals surface area contributed by atoms with E-state index in [0.29, 0.717) is 49.9 Å². The molecule has 18 heteroatoms. The van der Waals surface area contributed by atoms with Crippen molar-refractivity contribution in [1.82, 2.24) is 4.90 Å². The maximum Gasteiger partial charge on any atom is 0.435 e. The highest BCUT2D eigenvalue weighted by atomic mass is 33.1. The van der Waals surface area contributed by atoms with E-state index in [4.69, 9.17) is 23.7 Å². The highest BCUT2D eigenvalue weighted by Crippen LogP contribution is 2.62. The van der Waals surface area contributed by atoms with Gasteiger partial charge in [-0.1, -0.05) is 34.6 Å². The van der Waals surface area contributed by atoms with E-state index >= 15 is 0 Å². The number of halogens is 9. The van der Waals surface area contributed by atoms with Gasteiger partial charge >= 0.3 is 24.1 Å². The van der Waals surface area contributed by atoms with Crippen molar-refractivity contribution in [3.63, 3.8) is 0 Å². The Hall–Kier alpha value is -1.15. The Kier molecular flexibility index (Phi) is 19.7. The Morgan fingerprint density at radius 1 is 0.780 bits per heavy atom. The Balaban J connectivity index is 1.12. The van der Waals surface area contributed by atoms with Crippen LogP contribution < -0.4 is 4.74 Å². The summed E-state index contributed by atoms with van der Waals surface area (Å²) in [6.07, 6.45) is -12.8. The van der Waals surface area contributed by atoms with Crippen LogP contribution in [0.25, 0.3) is 0 Å². The minimum absolute atomic E-state index is 0.256. The van der Waals surface area contributed by atoms with Crippen LogP contribution in [0, 0.1) is 23.2 Å². The first-order chi connectivity index (χ1) is 27.9. The zero-order valence-corrected chi connectivity index (χ0v) is 36.2. The summed E-state index contributed by atoms with van der Waals surface area (Å²) in [4.78, 5) is 2.28. The number of likely N-dealkylation sites (N-methyl/N-ethyl adjacent to an activating group) is 1. The second kappa shape index (κ2) is 23.0. The van der Waals surface area contributed by atoms with Gasteiger partial charge in [0.25, 0.3) is 0 Å². The Labute approximate surface area is 351 Å². The minimum atomic E-state index is -6.74. The van der Waals surface area contributed by atoms with Crippen LogP contribution in [-0.4, -0.2) is 127 Å². The molecule has 0 radical (unpaired) electrons. The molecule has 0 amide bonds. The number of benzene rings is 1. The maximum atomic E-state index is 13.2. The highest BCUT2D eigenvalue weighted by molar-refractivity contribution is 8.76. The van der Waals surface area contributed by atoms with E-state index < -0.39 is 37.2 Å². The van der Waals surface area contributed by atoms with E-state index in [9.17, 15) is 39.5 Å². The van der Waals surface area contributed by atoms with E-state index in [1.807, 2.05) is 27.7 Å². The van der Waals surface area contributed by atoms with Crippen molar-refractivity contribution < 1.29 is 67.9 Å². The molecule has 0 saturated heterocycles. The molecular weight excluding hydrogens is 838 g/mol. The third-order valence-corrected chi connectivity index (χ3v) is 14.8. The average molecular weight is 900 g/mol. The second-order valence-corrected chi connectivity index (χ2v) is 19.0. The molecule has 0 aliphatic heterocycles. The molecule has 5 unspecified atom stereocenters. The van der Waals surface area contributed by atoms with Crippen LogP contribution in [0.5, 0.6) is 5.75 Å². The lowest BCUT2D eigenvalue weighted by Gasteiger charge is -2.50. The van der Waals surface area contributed by atoms with Gasteiger partial charge in [0.1, 0.15) is 12.4 Å². The number of fused-ring (bicyclic) bond motifs is 5. The molecular formula is C41H62F9NO6S2. The quantitative estimate of drug-likeness (QED) is 0.0514. The lowest BCUT2D eigenvalue weighted by atomic mass is 9.55. The SMILES string of the molecule is COCC(CCCOCCSSCCCN(C)CCOc1ccc2c(c1)CCC1C2CCC2(C)C(OCCCOC(C(F)(F)F)(C(F)(F)F)C(F)(F)F)CCC12)COC. The molecule has 0 aromatic heterocycles.